The molecule has 0 bridgehead atoms. The van der Waals surface area contributed by atoms with Gasteiger partial charge in [-0.2, -0.15) is 0 Å². The van der Waals surface area contributed by atoms with Crippen LogP contribution in [0.4, 0.5) is 11.5 Å². The molecule has 0 aliphatic rings. The number of anilines is 2. The van der Waals surface area contributed by atoms with Crippen molar-refractivity contribution in [2.75, 3.05) is 11.5 Å². The van der Waals surface area contributed by atoms with Crippen molar-refractivity contribution >= 4 is 34.1 Å². The molecule has 15 heavy (non-hydrogen) atoms. The van der Waals surface area contributed by atoms with Crippen LogP contribution in [0.1, 0.15) is 0 Å². The normalized spacial score (nSPS) is 10.2. The third-order valence-corrected chi connectivity index (χ3v) is 2.70. The predicted octanol–water partition coefficient (Wildman–Crippen LogP) is 2.52. The molecule has 0 unspecified atom stereocenters. The summed E-state index contributed by atoms with van der Waals surface area (Å²) in [6.07, 6.45) is 1.75. The van der Waals surface area contributed by atoms with Gasteiger partial charge in [-0.05, 0) is 46.4 Å². The molecule has 0 saturated carbocycles. The lowest BCUT2D eigenvalue weighted by molar-refractivity contribution is 1.32. The van der Waals surface area contributed by atoms with E-state index in [1.165, 1.54) is 0 Å². The van der Waals surface area contributed by atoms with E-state index >= 15 is 0 Å². The Balaban J connectivity index is 2.53. The van der Waals surface area contributed by atoms with E-state index < -0.39 is 0 Å². The van der Waals surface area contributed by atoms with E-state index in [2.05, 4.69) is 27.6 Å². The van der Waals surface area contributed by atoms with Crippen LogP contribution in [0.2, 0.25) is 0 Å². The Labute approximate surface area is 102 Å². The molecule has 0 aliphatic carbocycles. The molecule has 1 aromatic heterocycles. The summed E-state index contributed by atoms with van der Waals surface area (Å²) in [5.41, 5.74) is 14.2. The van der Waals surface area contributed by atoms with E-state index in [1.54, 1.807) is 6.20 Å². The second-order valence-corrected chi connectivity index (χ2v) is 4.45. The Morgan fingerprint density at radius 2 is 1.73 bits per heavy atom. The summed E-state index contributed by atoms with van der Waals surface area (Å²) in [5, 5.41) is 0. The van der Waals surface area contributed by atoms with Gasteiger partial charge in [-0.1, -0.05) is 12.1 Å². The first-order valence-electron chi connectivity index (χ1n) is 4.44. The van der Waals surface area contributed by atoms with Gasteiger partial charge in [0.15, 0.2) is 0 Å². The van der Waals surface area contributed by atoms with Crippen LogP contribution in [-0.4, -0.2) is 4.98 Å². The number of aromatic nitrogens is 1. The third-order valence-electron chi connectivity index (χ3n) is 2.11. The fourth-order valence-electron chi connectivity index (χ4n) is 1.34. The van der Waals surface area contributed by atoms with Gasteiger partial charge in [-0.3, -0.25) is 0 Å². The van der Waals surface area contributed by atoms with Crippen molar-refractivity contribution in [2.45, 2.75) is 0 Å². The standard InChI is InChI=1S/C11H10IN3/c12-8-5-10(11(14)15-6-8)7-1-3-9(13)4-2-7/h1-6H,13H2,(H2,14,15). The molecule has 0 atom stereocenters. The Bertz CT molecular complexity index is 480. The maximum Gasteiger partial charge on any atom is 0.131 e. The Morgan fingerprint density at radius 1 is 1.07 bits per heavy atom. The minimum Gasteiger partial charge on any atom is -0.399 e. The topological polar surface area (TPSA) is 64.9 Å². The zero-order valence-corrected chi connectivity index (χ0v) is 10.1. The molecular formula is C11H10IN3. The molecule has 0 saturated heterocycles. The predicted molar refractivity (Wildman–Crippen MR) is 71.2 cm³/mol. The number of nitrogens with two attached hydrogens (primary N) is 2. The second kappa shape index (κ2) is 4.06. The van der Waals surface area contributed by atoms with Crippen LogP contribution in [0.5, 0.6) is 0 Å². The maximum atomic E-state index is 5.81. The zero-order valence-electron chi connectivity index (χ0n) is 7.94. The first-order valence-corrected chi connectivity index (χ1v) is 5.51. The lowest BCUT2D eigenvalue weighted by Gasteiger charge is -2.05. The van der Waals surface area contributed by atoms with Gasteiger partial charge in [0.05, 0.1) is 0 Å². The minimum atomic E-state index is 0.542. The highest BCUT2D eigenvalue weighted by atomic mass is 127. The molecule has 0 fully saturated rings. The first-order chi connectivity index (χ1) is 7.16. The zero-order chi connectivity index (χ0) is 10.8. The van der Waals surface area contributed by atoms with Gasteiger partial charge in [-0.25, -0.2) is 4.98 Å². The minimum absolute atomic E-state index is 0.542. The average molecular weight is 311 g/mol. The molecule has 76 valence electrons. The molecule has 2 aromatic rings. The third kappa shape index (κ3) is 2.20. The van der Waals surface area contributed by atoms with E-state index in [4.69, 9.17) is 11.5 Å². The van der Waals surface area contributed by atoms with Crippen molar-refractivity contribution in [1.29, 1.82) is 0 Å². The number of halogens is 1. The molecule has 0 radical (unpaired) electrons. The summed E-state index contributed by atoms with van der Waals surface area (Å²) >= 11 is 2.21. The number of rotatable bonds is 1. The number of pyridine rings is 1. The number of hydrogen-bond acceptors (Lipinski definition) is 3. The van der Waals surface area contributed by atoms with Gasteiger partial charge >= 0.3 is 0 Å². The molecule has 4 N–H and O–H groups in total. The Morgan fingerprint density at radius 3 is 2.40 bits per heavy atom. The number of hydrogen-bond donors (Lipinski definition) is 2. The number of benzene rings is 1. The largest absolute Gasteiger partial charge is 0.399 e. The van der Waals surface area contributed by atoms with Crippen LogP contribution < -0.4 is 11.5 Å². The van der Waals surface area contributed by atoms with Gasteiger partial charge in [0.2, 0.25) is 0 Å². The van der Waals surface area contributed by atoms with Gasteiger partial charge in [0, 0.05) is 21.0 Å². The van der Waals surface area contributed by atoms with E-state index in [0.717, 1.165) is 20.4 Å². The summed E-state index contributed by atoms with van der Waals surface area (Å²) in [4.78, 5) is 4.12. The summed E-state index contributed by atoms with van der Waals surface area (Å²) < 4.78 is 1.06. The maximum absolute atomic E-state index is 5.81. The first kappa shape index (κ1) is 10.2. The van der Waals surface area contributed by atoms with Crippen molar-refractivity contribution < 1.29 is 0 Å². The fourth-order valence-corrected chi connectivity index (χ4v) is 1.79. The summed E-state index contributed by atoms with van der Waals surface area (Å²) in [6, 6.07) is 9.61. The fraction of sp³-hybridized carbons (Fsp3) is 0. The summed E-state index contributed by atoms with van der Waals surface area (Å²) in [7, 11) is 0. The highest BCUT2D eigenvalue weighted by molar-refractivity contribution is 14.1. The smallest absolute Gasteiger partial charge is 0.131 e. The molecule has 3 nitrogen and oxygen atoms in total. The highest BCUT2D eigenvalue weighted by Gasteiger charge is 2.03. The summed E-state index contributed by atoms with van der Waals surface area (Å²) in [5.74, 6) is 0.542. The average Bonchev–Trinajstić information content (AvgIpc) is 2.23. The van der Waals surface area contributed by atoms with Crippen LogP contribution >= 0.6 is 22.6 Å². The van der Waals surface area contributed by atoms with Crippen LogP contribution in [-0.2, 0) is 0 Å². The molecule has 4 heteroatoms. The Kier molecular flexibility index (Phi) is 2.77. The second-order valence-electron chi connectivity index (χ2n) is 3.21. The van der Waals surface area contributed by atoms with E-state index in [0.29, 0.717) is 5.82 Å². The molecule has 2 rings (SSSR count). The molecule has 0 amide bonds. The lowest BCUT2D eigenvalue weighted by atomic mass is 10.1. The van der Waals surface area contributed by atoms with Crippen molar-refractivity contribution in [1.82, 2.24) is 4.98 Å². The van der Waals surface area contributed by atoms with Crippen molar-refractivity contribution in [3.63, 3.8) is 0 Å². The van der Waals surface area contributed by atoms with E-state index in [1.807, 2.05) is 30.3 Å². The monoisotopic (exact) mass is 311 g/mol. The van der Waals surface area contributed by atoms with E-state index in [-0.39, 0.29) is 0 Å². The van der Waals surface area contributed by atoms with Gasteiger partial charge in [0.25, 0.3) is 0 Å². The van der Waals surface area contributed by atoms with Crippen LogP contribution in [0.25, 0.3) is 11.1 Å². The Hall–Kier alpha value is -1.30. The molecule has 0 aliphatic heterocycles. The lowest BCUT2D eigenvalue weighted by Crippen LogP contribution is -1.94. The van der Waals surface area contributed by atoms with Crippen molar-refractivity contribution in [2.24, 2.45) is 0 Å². The van der Waals surface area contributed by atoms with Crippen LogP contribution in [0.15, 0.2) is 36.5 Å². The van der Waals surface area contributed by atoms with Crippen LogP contribution in [0, 0.1) is 3.57 Å². The van der Waals surface area contributed by atoms with Crippen molar-refractivity contribution in [3.05, 3.63) is 40.1 Å². The SMILES string of the molecule is Nc1ccc(-c2cc(I)cnc2N)cc1. The molecule has 1 aromatic carbocycles. The highest BCUT2D eigenvalue weighted by Crippen LogP contribution is 2.26. The molecular weight excluding hydrogens is 301 g/mol. The van der Waals surface area contributed by atoms with Gasteiger partial charge < -0.3 is 11.5 Å². The summed E-state index contributed by atoms with van der Waals surface area (Å²) in [6.45, 7) is 0. The van der Waals surface area contributed by atoms with Crippen molar-refractivity contribution in [3.8, 4) is 11.1 Å². The van der Waals surface area contributed by atoms with E-state index in [9.17, 15) is 0 Å². The molecule has 1 heterocycles. The quantitative estimate of drug-likeness (QED) is 0.628. The molecule has 0 spiro atoms. The van der Waals surface area contributed by atoms with Crippen LogP contribution in [0.3, 0.4) is 0 Å². The van der Waals surface area contributed by atoms with Gasteiger partial charge in [-0.15, -0.1) is 0 Å². The number of nitrogens with zero attached hydrogens (tertiary/aromatic N) is 1. The number of nitrogen functional groups attached to an aromatic ring is 2. The van der Waals surface area contributed by atoms with Gasteiger partial charge in [0.1, 0.15) is 5.82 Å².